The van der Waals surface area contributed by atoms with Crippen LogP contribution in [0.1, 0.15) is 22.5 Å². The summed E-state index contributed by atoms with van der Waals surface area (Å²) < 4.78 is 17.3. The Labute approximate surface area is 181 Å². The Hall–Kier alpha value is -3.75. The van der Waals surface area contributed by atoms with E-state index in [1.165, 1.54) is 5.56 Å². The second kappa shape index (κ2) is 9.38. The third-order valence-corrected chi connectivity index (χ3v) is 5.26. The van der Waals surface area contributed by atoms with Gasteiger partial charge in [0.15, 0.2) is 11.3 Å². The largest absolute Gasteiger partial charge is 0.497 e. The predicted octanol–water partition coefficient (Wildman–Crippen LogP) is 5.75. The van der Waals surface area contributed by atoms with Gasteiger partial charge in [0.2, 0.25) is 0 Å². The van der Waals surface area contributed by atoms with Gasteiger partial charge in [-0.25, -0.2) is 0 Å². The minimum absolute atomic E-state index is 0.489. The van der Waals surface area contributed by atoms with Crippen molar-refractivity contribution in [1.82, 2.24) is 5.32 Å². The molecule has 0 aliphatic carbocycles. The van der Waals surface area contributed by atoms with Crippen LogP contribution in [0.2, 0.25) is 0 Å². The first-order valence-electron chi connectivity index (χ1n) is 10.2. The number of nitriles is 1. The summed E-state index contributed by atoms with van der Waals surface area (Å²) in [6.45, 7) is 3.52. The summed E-state index contributed by atoms with van der Waals surface area (Å²) in [7, 11) is 1.67. The number of para-hydroxylation sites is 2. The molecule has 0 aliphatic heterocycles. The van der Waals surface area contributed by atoms with Gasteiger partial charge in [-0.1, -0.05) is 36.4 Å². The van der Waals surface area contributed by atoms with Gasteiger partial charge in [-0.05, 0) is 55.8 Å². The fourth-order valence-electron chi connectivity index (χ4n) is 3.57. The summed E-state index contributed by atoms with van der Waals surface area (Å²) in [5, 5.41) is 13.8. The van der Waals surface area contributed by atoms with E-state index in [0.717, 1.165) is 35.4 Å². The zero-order valence-corrected chi connectivity index (χ0v) is 17.6. The molecule has 0 saturated carbocycles. The lowest BCUT2D eigenvalue weighted by molar-refractivity contribution is 0.414. The van der Waals surface area contributed by atoms with Crippen LogP contribution in [0.3, 0.4) is 0 Å². The number of nitrogens with zero attached hydrogens (tertiary/aromatic N) is 1. The molecule has 1 N–H and O–H groups in total. The van der Waals surface area contributed by atoms with Gasteiger partial charge in [0.25, 0.3) is 0 Å². The van der Waals surface area contributed by atoms with E-state index >= 15 is 0 Å². The molecule has 0 unspecified atom stereocenters. The molecule has 0 fully saturated rings. The van der Waals surface area contributed by atoms with Crippen LogP contribution >= 0.6 is 0 Å². The molecule has 0 bridgehead atoms. The van der Waals surface area contributed by atoms with E-state index in [2.05, 4.69) is 23.5 Å². The second-order valence-electron chi connectivity index (χ2n) is 7.25. The lowest BCUT2D eigenvalue weighted by Gasteiger charge is -2.08. The number of hydrogen-bond acceptors (Lipinski definition) is 5. The standard InChI is InChI=1S/C26H24N2O3/c1-18-23(17-28-15-14-19-10-12-21(29-2)13-11-19)22-7-5-9-25(26(22)30-18)31-24-8-4-3-6-20(24)16-27/h3-13,28H,14-15,17H2,1-2H3. The van der Waals surface area contributed by atoms with Crippen LogP contribution < -0.4 is 14.8 Å². The van der Waals surface area contributed by atoms with Crippen molar-refractivity contribution in [2.75, 3.05) is 13.7 Å². The van der Waals surface area contributed by atoms with Crippen LogP contribution in [0, 0.1) is 18.3 Å². The molecule has 4 aromatic rings. The minimum Gasteiger partial charge on any atom is -0.497 e. The van der Waals surface area contributed by atoms with Gasteiger partial charge >= 0.3 is 0 Å². The highest BCUT2D eigenvalue weighted by molar-refractivity contribution is 5.87. The highest BCUT2D eigenvalue weighted by Crippen LogP contribution is 2.35. The quantitative estimate of drug-likeness (QED) is 0.374. The fourth-order valence-corrected chi connectivity index (χ4v) is 3.57. The molecule has 0 spiro atoms. The zero-order chi connectivity index (χ0) is 21.6. The van der Waals surface area contributed by atoms with E-state index in [1.807, 2.05) is 49.4 Å². The molecule has 0 atom stereocenters. The average Bonchev–Trinajstić information content (AvgIpc) is 3.13. The molecule has 0 saturated heterocycles. The molecule has 3 aromatic carbocycles. The Balaban J connectivity index is 1.47. The molecule has 1 heterocycles. The summed E-state index contributed by atoms with van der Waals surface area (Å²) in [6, 6.07) is 23.3. The van der Waals surface area contributed by atoms with E-state index in [1.54, 1.807) is 19.2 Å². The summed E-state index contributed by atoms with van der Waals surface area (Å²) in [5.41, 5.74) is 3.56. The van der Waals surface area contributed by atoms with Crippen molar-refractivity contribution in [2.45, 2.75) is 19.9 Å². The van der Waals surface area contributed by atoms with Crippen molar-refractivity contribution in [3.05, 3.63) is 89.2 Å². The van der Waals surface area contributed by atoms with Crippen molar-refractivity contribution in [3.8, 4) is 23.3 Å². The van der Waals surface area contributed by atoms with Crippen LogP contribution in [0.25, 0.3) is 11.0 Å². The third kappa shape index (κ3) is 4.55. The lowest BCUT2D eigenvalue weighted by atomic mass is 10.1. The average molecular weight is 412 g/mol. The molecule has 1 aromatic heterocycles. The summed E-state index contributed by atoms with van der Waals surface area (Å²) >= 11 is 0. The molecule has 4 rings (SSSR count). The number of furan rings is 1. The predicted molar refractivity (Wildman–Crippen MR) is 121 cm³/mol. The first-order valence-corrected chi connectivity index (χ1v) is 10.2. The van der Waals surface area contributed by atoms with E-state index in [9.17, 15) is 5.26 Å². The van der Waals surface area contributed by atoms with Crippen molar-refractivity contribution in [2.24, 2.45) is 0 Å². The van der Waals surface area contributed by atoms with E-state index in [4.69, 9.17) is 13.9 Å². The van der Waals surface area contributed by atoms with Gasteiger partial charge in [0.05, 0.1) is 12.7 Å². The number of nitrogens with one attached hydrogen (secondary N) is 1. The number of ether oxygens (including phenoxy) is 2. The molecule has 5 nitrogen and oxygen atoms in total. The summed E-state index contributed by atoms with van der Waals surface area (Å²) in [5.74, 6) is 2.85. The van der Waals surface area contributed by atoms with Crippen LogP contribution in [0.15, 0.2) is 71.1 Å². The highest BCUT2D eigenvalue weighted by atomic mass is 16.5. The first-order chi connectivity index (χ1) is 15.2. The van der Waals surface area contributed by atoms with Gasteiger partial charge in [0.1, 0.15) is 23.3 Å². The van der Waals surface area contributed by atoms with Gasteiger partial charge < -0.3 is 19.2 Å². The molecule has 31 heavy (non-hydrogen) atoms. The van der Waals surface area contributed by atoms with Crippen molar-refractivity contribution in [3.63, 3.8) is 0 Å². The van der Waals surface area contributed by atoms with Crippen molar-refractivity contribution >= 4 is 11.0 Å². The molecule has 0 amide bonds. The van der Waals surface area contributed by atoms with E-state index in [0.29, 0.717) is 29.2 Å². The van der Waals surface area contributed by atoms with Crippen LogP contribution in [0.5, 0.6) is 17.2 Å². The molecule has 5 heteroatoms. The topological polar surface area (TPSA) is 67.4 Å². The van der Waals surface area contributed by atoms with Gasteiger partial charge in [0, 0.05) is 17.5 Å². The maximum atomic E-state index is 9.32. The molecule has 0 radical (unpaired) electrons. The van der Waals surface area contributed by atoms with Crippen LogP contribution in [0.4, 0.5) is 0 Å². The van der Waals surface area contributed by atoms with Gasteiger partial charge in [-0.3, -0.25) is 0 Å². The molecular weight excluding hydrogens is 388 g/mol. The number of rotatable bonds is 8. The van der Waals surface area contributed by atoms with E-state index < -0.39 is 0 Å². The van der Waals surface area contributed by atoms with Crippen molar-refractivity contribution < 1.29 is 13.9 Å². The SMILES string of the molecule is COc1ccc(CCNCc2c(C)oc3c(Oc4ccccc4C#N)cccc23)cc1. The molecular formula is C26H24N2O3. The van der Waals surface area contributed by atoms with Crippen molar-refractivity contribution in [1.29, 1.82) is 5.26 Å². The Morgan fingerprint density at radius 3 is 2.52 bits per heavy atom. The number of hydrogen-bond donors (Lipinski definition) is 1. The summed E-state index contributed by atoms with van der Waals surface area (Å²) in [4.78, 5) is 0. The first kappa shape index (κ1) is 20.5. The van der Waals surface area contributed by atoms with E-state index in [-0.39, 0.29) is 0 Å². The lowest BCUT2D eigenvalue weighted by Crippen LogP contribution is -2.16. The Morgan fingerprint density at radius 2 is 1.74 bits per heavy atom. The number of methoxy groups -OCH3 is 1. The fraction of sp³-hybridized carbons (Fsp3) is 0.192. The Morgan fingerprint density at radius 1 is 0.968 bits per heavy atom. The monoisotopic (exact) mass is 412 g/mol. The second-order valence-corrected chi connectivity index (χ2v) is 7.25. The Bertz CT molecular complexity index is 1220. The van der Waals surface area contributed by atoms with Gasteiger partial charge in [-0.15, -0.1) is 0 Å². The molecule has 156 valence electrons. The molecule has 0 aliphatic rings. The van der Waals surface area contributed by atoms with Crippen LogP contribution in [-0.4, -0.2) is 13.7 Å². The summed E-state index contributed by atoms with van der Waals surface area (Å²) in [6.07, 6.45) is 0.929. The maximum absolute atomic E-state index is 9.32. The number of benzene rings is 3. The number of aryl methyl sites for hydroxylation is 1. The van der Waals surface area contributed by atoms with Crippen LogP contribution in [-0.2, 0) is 13.0 Å². The Kier molecular flexibility index (Phi) is 6.21. The number of fused-ring (bicyclic) bond motifs is 1. The third-order valence-electron chi connectivity index (χ3n) is 5.26. The zero-order valence-electron chi connectivity index (χ0n) is 17.6. The smallest absolute Gasteiger partial charge is 0.177 e. The van der Waals surface area contributed by atoms with Gasteiger partial charge in [-0.2, -0.15) is 5.26 Å². The minimum atomic E-state index is 0.489. The normalized spacial score (nSPS) is 10.7. The highest BCUT2D eigenvalue weighted by Gasteiger charge is 2.16. The maximum Gasteiger partial charge on any atom is 0.177 e.